The largest absolute Gasteiger partial charge is 0.394 e. The molecule has 0 aromatic heterocycles. The lowest BCUT2D eigenvalue weighted by atomic mass is 9.98. The minimum absolute atomic E-state index is 0.00418. The number of aliphatic hydroxyl groups is 1. The fraction of sp³-hybridized carbons (Fsp3) is 1.00. The summed E-state index contributed by atoms with van der Waals surface area (Å²) in [6.45, 7) is 5.65. The molecule has 0 amide bonds. The van der Waals surface area contributed by atoms with Crippen molar-refractivity contribution >= 4 is 0 Å². The van der Waals surface area contributed by atoms with E-state index in [-0.39, 0.29) is 12.1 Å². The number of aliphatic hydroxyl groups excluding tert-OH is 1. The first-order chi connectivity index (χ1) is 9.74. The first kappa shape index (κ1) is 14.8. The fourth-order valence-corrected chi connectivity index (χ4v) is 3.98. The minimum atomic E-state index is -0.00418. The molecule has 1 saturated heterocycles. The van der Waals surface area contributed by atoms with Gasteiger partial charge in [0.25, 0.3) is 0 Å². The van der Waals surface area contributed by atoms with E-state index in [1.807, 2.05) is 0 Å². The molecule has 4 heteroatoms. The molecule has 2 aliphatic carbocycles. The predicted molar refractivity (Wildman–Crippen MR) is 79.8 cm³/mol. The highest BCUT2D eigenvalue weighted by atomic mass is 16.5. The maximum Gasteiger partial charge on any atom is 0.0702 e. The number of hydrogen-bond donors (Lipinski definition) is 2. The van der Waals surface area contributed by atoms with E-state index in [0.29, 0.717) is 18.2 Å². The van der Waals surface area contributed by atoms with E-state index in [1.165, 1.54) is 32.1 Å². The van der Waals surface area contributed by atoms with Crippen LogP contribution < -0.4 is 5.32 Å². The normalized spacial score (nSPS) is 38.0. The van der Waals surface area contributed by atoms with Gasteiger partial charge in [0, 0.05) is 30.8 Å². The van der Waals surface area contributed by atoms with Crippen LogP contribution in [-0.2, 0) is 4.74 Å². The van der Waals surface area contributed by atoms with E-state index in [2.05, 4.69) is 17.1 Å². The van der Waals surface area contributed by atoms with Crippen LogP contribution in [0.4, 0.5) is 0 Å². The molecule has 3 unspecified atom stereocenters. The molecule has 0 aromatic rings. The van der Waals surface area contributed by atoms with E-state index in [1.54, 1.807) is 0 Å². The highest BCUT2D eigenvalue weighted by molar-refractivity contribution is 5.03. The average molecular weight is 282 g/mol. The number of ether oxygens (including phenoxy) is 1. The Morgan fingerprint density at radius 3 is 2.75 bits per heavy atom. The summed E-state index contributed by atoms with van der Waals surface area (Å²) < 4.78 is 5.79. The molecule has 0 radical (unpaired) electrons. The Bertz CT molecular complexity index is 316. The molecule has 3 atom stereocenters. The zero-order chi connectivity index (χ0) is 14.0. The number of nitrogens with one attached hydrogen (secondary N) is 1. The molecule has 20 heavy (non-hydrogen) atoms. The Morgan fingerprint density at radius 1 is 1.30 bits per heavy atom. The van der Waals surface area contributed by atoms with Gasteiger partial charge in [-0.2, -0.15) is 0 Å². The lowest BCUT2D eigenvalue weighted by Gasteiger charge is -2.33. The Labute approximate surface area is 122 Å². The fourth-order valence-electron chi connectivity index (χ4n) is 3.98. The molecule has 3 aliphatic rings. The Balaban J connectivity index is 1.55. The third kappa shape index (κ3) is 3.35. The van der Waals surface area contributed by atoms with Gasteiger partial charge in [0.05, 0.1) is 12.7 Å². The molecule has 0 aromatic carbocycles. The summed E-state index contributed by atoms with van der Waals surface area (Å²) in [5, 5.41) is 13.6. The molecule has 1 aliphatic heterocycles. The molecule has 2 N–H and O–H groups in total. The van der Waals surface area contributed by atoms with Crippen molar-refractivity contribution in [3.8, 4) is 0 Å². The van der Waals surface area contributed by atoms with Gasteiger partial charge < -0.3 is 15.2 Å². The van der Waals surface area contributed by atoms with Gasteiger partial charge in [0.2, 0.25) is 0 Å². The van der Waals surface area contributed by atoms with Gasteiger partial charge in [-0.05, 0) is 51.5 Å². The van der Waals surface area contributed by atoms with Crippen molar-refractivity contribution in [2.45, 2.75) is 75.6 Å². The van der Waals surface area contributed by atoms with Crippen molar-refractivity contribution < 1.29 is 9.84 Å². The van der Waals surface area contributed by atoms with Gasteiger partial charge >= 0.3 is 0 Å². The first-order valence-electron chi connectivity index (χ1n) is 8.49. The van der Waals surface area contributed by atoms with E-state index in [4.69, 9.17) is 4.74 Å². The van der Waals surface area contributed by atoms with E-state index in [9.17, 15) is 5.11 Å². The van der Waals surface area contributed by atoms with Crippen LogP contribution in [0, 0.1) is 0 Å². The second-order valence-corrected chi connectivity index (χ2v) is 6.98. The second-order valence-electron chi connectivity index (χ2n) is 6.98. The zero-order valence-electron chi connectivity index (χ0n) is 12.8. The Morgan fingerprint density at radius 2 is 2.15 bits per heavy atom. The van der Waals surface area contributed by atoms with Gasteiger partial charge in [-0.15, -0.1) is 0 Å². The standard InChI is InChI=1S/C16H30N2O2/c1-2-18(11-15-4-3-9-20-15)14-7-8-16(10-14,12-19)17-13-5-6-13/h13-15,17,19H,2-12H2,1H3. The number of hydrogen-bond acceptors (Lipinski definition) is 4. The summed E-state index contributed by atoms with van der Waals surface area (Å²) in [5.41, 5.74) is -0.00418. The summed E-state index contributed by atoms with van der Waals surface area (Å²) in [4.78, 5) is 2.59. The number of likely N-dealkylation sites (N-methyl/N-ethyl adjacent to an activating group) is 1. The van der Waals surface area contributed by atoms with Crippen molar-refractivity contribution in [2.75, 3.05) is 26.3 Å². The average Bonchev–Trinajstić information content (AvgIpc) is 2.96. The molecule has 3 rings (SSSR count). The van der Waals surface area contributed by atoms with Gasteiger partial charge in [-0.25, -0.2) is 0 Å². The summed E-state index contributed by atoms with van der Waals surface area (Å²) in [6.07, 6.45) is 8.88. The summed E-state index contributed by atoms with van der Waals surface area (Å²) in [6, 6.07) is 1.29. The van der Waals surface area contributed by atoms with Gasteiger partial charge in [0.1, 0.15) is 0 Å². The van der Waals surface area contributed by atoms with Crippen LogP contribution in [0.25, 0.3) is 0 Å². The molecular weight excluding hydrogens is 252 g/mol. The van der Waals surface area contributed by atoms with Crippen molar-refractivity contribution in [1.82, 2.24) is 10.2 Å². The van der Waals surface area contributed by atoms with Crippen LogP contribution >= 0.6 is 0 Å². The maximum absolute atomic E-state index is 9.84. The lowest BCUT2D eigenvalue weighted by molar-refractivity contribution is 0.0566. The molecule has 2 saturated carbocycles. The van der Waals surface area contributed by atoms with Crippen molar-refractivity contribution in [3.63, 3.8) is 0 Å². The quantitative estimate of drug-likeness (QED) is 0.743. The van der Waals surface area contributed by atoms with Crippen molar-refractivity contribution in [1.29, 1.82) is 0 Å². The summed E-state index contributed by atoms with van der Waals surface area (Å²) in [7, 11) is 0. The van der Waals surface area contributed by atoms with Crippen LogP contribution in [-0.4, -0.2) is 60.0 Å². The molecular formula is C16H30N2O2. The summed E-state index contributed by atoms with van der Waals surface area (Å²) in [5.74, 6) is 0. The monoisotopic (exact) mass is 282 g/mol. The molecule has 4 nitrogen and oxygen atoms in total. The maximum atomic E-state index is 9.84. The van der Waals surface area contributed by atoms with E-state index >= 15 is 0 Å². The molecule has 3 fully saturated rings. The third-order valence-corrected chi connectivity index (χ3v) is 5.36. The lowest BCUT2D eigenvalue weighted by Crippen LogP contribution is -2.49. The third-order valence-electron chi connectivity index (χ3n) is 5.36. The molecule has 0 bridgehead atoms. The first-order valence-corrected chi connectivity index (χ1v) is 8.49. The van der Waals surface area contributed by atoms with Crippen LogP contribution in [0.2, 0.25) is 0 Å². The number of rotatable bonds is 7. The van der Waals surface area contributed by atoms with Gasteiger partial charge in [0.15, 0.2) is 0 Å². The molecule has 116 valence electrons. The van der Waals surface area contributed by atoms with Gasteiger partial charge in [-0.1, -0.05) is 6.92 Å². The zero-order valence-corrected chi connectivity index (χ0v) is 12.8. The van der Waals surface area contributed by atoms with Crippen LogP contribution in [0.1, 0.15) is 51.9 Å². The SMILES string of the molecule is CCN(CC1CCCO1)C1CCC(CO)(NC2CC2)C1. The Hall–Kier alpha value is -0.160. The van der Waals surface area contributed by atoms with E-state index in [0.717, 1.165) is 32.5 Å². The molecule has 0 spiro atoms. The topological polar surface area (TPSA) is 44.7 Å². The number of nitrogens with zero attached hydrogens (tertiary/aromatic N) is 1. The highest BCUT2D eigenvalue weighted by Crippen LogP contribution is 2.36. The predicted octanol–water partition coefficient (Wildman–Crippen LogP) is 1.52. The minimum Gasteiger partial charge on any atom is -0.394 e. The van der Waals surface area contributed by atoms with Crippen LogP contribution in [0.3, 0.4) is 0 Å². The van der Waals surface area contributed by atoms with Crippen LogP contribution in [0.15, 0.2) is 0 Å². The second kappa shape index (κ2) is 6.30. The van der Waals surface area contributed by atoms with Crippen molar-refractivity contribution in [2.24, 2.45) is 0 Å². The summed E-state index contributed by atoms with van der Waals surface area (Å²) >= 11 is 0. The van der Waals surface area contributed by atoms with Crippen LogP contribution in [0.5, 0.6) is 0 Å². The van der Waals surface area contributed by atoms with Crippen molar-refractivity contribution in [3.05, 3.63) is 0 Å². The highest BCUT2D eigenvalue weighted by Gasteiger charge is 2.43. The smallest absolute Gasteiger partial charge is 0.0702 e. The van der Waals surface area contributed by atoms with Gasteiger partial charge in [-0.3, -0.25) is 4.90 Å². The Kier molecular flexibility index (Phi) is 4.65. The molecule has 1 heterocycles. The van der Waals surface area contributed by atoms with E-state index < -0.39 is 0 Å².